The average Bonchev–Trinajstić information content (AvgIpc) is 3.53. The van der Waals surface area contributed by atoms with Crippen molar-refractivity contribution in [2.75, 3.05) is 23.3 Å². The van der Waals surface area contributed by atoms with Crippen LogP contribution in [0.3, 0.4) is 0 Å². The van der Waals surface area contributed by atoms with Crippen molar-refractivity contribution in [3.63, 3.8) is 0 Å². The fraction of sp³-hybridized carbons (Fsp3) is 0.538. The van der Waals surface area contributed by atoms with Crippen molar-refractivity contribution in [2.24, 2.45) is 13.0 Å². The summed E-state index contributed by atoms with van der Waals surface area (Å²) in [6.45, 7) is 15.1. The van der Waals surface area contributed by atoms with Crippen LogP contribution in [0.2, 0.25) is 0 Å². The van der Waals surface area contributed by atoms with Crippen LogP contribution in [-0.2, 0) is 12.5 Å². The van der Waals surface area contributed by atoms with Gasteiger partial charge in [0.25, 0.3) is 0 Å². The number of aryl methyl sites for hydroxylation is 1. The van der Waals surface area contributed by atoms with Gasteiger partial charge in [-0.2, -0.15) is 0 Å². The SMILES string of the molecule is CC.CCCN(CC1CC1)c1ccc2nc(Nc3ccc(C(C)(C)C)cc3)n(C)c2n1. The minimum absolute atomic E-state index is 0.154. The van der Waals surface area contributed by atoms with Crippen molar-refractivity contribution in [1.82, 2.24) is 14.5 Å². The van der Waals surface area contributed by atoms with Gasteiger partial charge in [0.2, 0.25) is 5.95 Å². The van der Waals surface area contributed by atoms with Crippen molar-refractivity contribution in [3.8, 4) is 0 Å². The number of benzene rings is 1. The Morgan fingerprint density at radius 3 is 2.29 bits per heavy atom. The molecule has 5 nitrogen and oxygen atoms in total. The van der Waals surface area contributed by atoms with Gasteiger partial charge in [-0.3, -0.25) is 4.57 Å². The van der Waals surface area contributed by atoms with Gasteiger partial charge < -0.3 is 10.2 Å². The van der Waals surface area contributed by atoms with E-state index in [0.29, 0.717) is 0 Å². The molecule has 2 heterocycles. The number of aromatic nitrogens is 3. The van der Waals surface area contributed by atoms with Crippen LogP contribution in [0.5, 0.6) is 0 Å². The molecule has 5 heteroatoms. The lowest BCUT2D eigenvalue weighted by Gasteiger charge is -2.23. The third kappa shape index (κ3) is 5.57. The standard InChI is InChI=1S/C24H33N5.C2H6/c1-6-15-29(16-17-7-8-17)21-14-13-20-22(27-21)28(5)23(26-20)25-19-11-9-18(10-12-19)24(2,3)4;1-2/h9-14,17H,6-8,15-16H2,1-5H3,(H,25,26);1-2H3. The van der Waals surface area contributed by atoms with E-state index in [0.717, 1.165) is 54.0 Å². The van der Waals surface area contributed by atoms with Crippen LogP contribution in [0.4, 0.5) is 17.5 Å². The first-order valence-electron chi connectivity index (χ1n) is 11.8. The summed E-state index contributed by atoms with van der Waals surface area (Å²) in [5, 5.41) is 3.45. The highest BCUT2D eigenvalue weighted by atomic mass is 15.3. The largest absolute Gasteiger partial charge is 0.356 e. The molecule has 0 aliphatic heterocycles. The Labute approximate surface area is 187 Å². The molecule has 0 atom stereocenters. The summed E-state index contributed by atoms with van der Waals surface area (Å²) >= 11 is 0. The molecule has 1 N–H and O–H groups in total. The van der Waals surface area contributed by atoms with Gasteiger partial charge >= 0.3 is 0 Å². The molecule has 0 amide bonds. The van der Waals surface area contributed by atoms with E-state index in [2.05, 4.69) is 78.9 Å². The Bertz CT molecular complexity index is 977. The first-order valence-corrected chi connectivity index (χ1v) is 11.8. The second-order valence-corrected chi connectivity index (χ2v) is 9.35. The van der Waals surface area contributed by atoms with E-state index in [4.69, 9.17) is 9.97 Å². The molecule has 0 bridgehead atoms. The third-order valence-corrected chi connectivity index (χ3v) is 5.70. The van der Waals surface area contributed by atoms with Crippen LogP contribution in [-0.4, -0.2) is 27.6 Å². The normalized spacial score (nSPS) is 13.6. The quantitative estimate of drug-likeness (QED) is 0.463. The third-order valence-electron chi connectivity index (χ3n) is 5.70. The smallest absolute Gasteiger partial charge is 0.209 e. The molecule has 1 aliphatic rings. The lowest BCUT2D eigenvalue weighted by Crippen LogP contribution is -2.27. The van der Waals surface area contributed by atoms with E-state index >= 15 is 0 Å². The second kappa shape index (κ2) is 9.71. The van der Waals surface area contributed by atoms with Crippen molar-refractivity contribution < 1.29 is 0 Å². The number of hydrogen-bond donors (Lipinski definition) is 1. The summed E-state index contributed by atoms with van der Waals surface area (Å²) in [5.74, 6) is 2.73. The van der Waals surface area contributed by atoms with E-state index in [-0.39, 0.29) is 5.41 Å². The lowest BCUT2D eigenvalue weighted by molar-refractivity contribution is 0.590. The highest BCUT2D eigenvalue weighted by Gasteiger charge is 2.25. The van der Waals surface area contributed by atoms with Crippen molar-refractivity contribution in [3.05, 3.63) is 42.0 Å². The molecule has 31 heavy (non-hydrogen) atoms. The van der Waals surface area contributed by atoms with Crippen LogP contribution in [0.15, 0.2) is 36.4 Å². The van der Waals surface area contributed by atoms with E-state index < -0.39 is 0 Å². The first kappa shape index (κ1) is 23.1. The topological polar surface area (TPSA) is 46.0 Å². The Kier molecular flexibility index (Phi) is 7.24. The number of nitrogens with one attached hydrogen (secondary N) is 1. The van der Waals surface area contributed by atoms with E-state index in [9.17, 15) is 0 Å². The van der Waals surface area contributed by atoms with Crippen LogP contribution >= 0.6 is 0 Å². The van der Waals surface area contributed by atoms with Gasteiger partial charge in [-0.25, -0.2) is 9.97 Å². The summed E-state index contributed by atoms with van der Waals surface area (Å²) in [4.78, 5) is 12.2. The fourth-order valence-electron chi connectivity index (χ4n) is 3.71. The van der Waals surface area contributed by atoms with E-state index in [1.54, 1.807) is 0 Å². The molecule has 0 radical (unpaired) electrons. The minimum atomic E-state index is 0.154. The van der Waals surface area contributed by atoms with E-state index in [1.165, 1.54) is 18.4 Å². The number of nitrogens with zero attached hydrogens (tertiary/aromatic N) is 4. The number of fused-ring (bicyclic) bond motifs is 1. The van der Waals surface area contributed by atoms with Crippen LogP contribution < -0.4 is 10.2 Å². The van der Waals surface area contributed by atoms with Gasteiger partial charge in [-0.15, -0.1) is 0 Å². The number of pyridine rings is 1. The molecule has 1 fully saturated rings. The maximum Gasteiger partial charge on any atom is 0.209 e. The first-order chi connectivity index (χ1) is 14.8. The molecular weight excluding hydrogens is 382 g/mol. The maximum atomic E-state index is 4.97. The number of rotatable bonds is 7. The van der Waals surface area contributed by atoms with Gasteiger partial charge in [0.05, 0.1) is 0 Å². The average molecular weight is 422 g/mol. The molecule has 1 aliphatic carbocycles. The highest BCUT2D eigenvalue weighted by Crippen LogP contribution is 2.32. The lowest BCUT2D eigenvalue weighted by atomic mass is 9.87. The van der Waals surface area contributed by atoms with Crippen LogP contribution in [0, 0.1) is 5.92 Å². The molecule has 2 aromatic heterocycles. The Morgan fingerprint density at radius 2 is 1.71 bits per heavy atom. The Morgan fingerprint density at radius 1 is 1.03 bits per heavy atom. The summed E-state index contributed by atoms with van der Waals surface area (Å²) in [6, 6.07) is 12.8. The van der Waals surface area contributed by atoms with Crippen LogP contribution in [0.1, 0.15) is 66.4 Å². The summed E-state index contributed by atoms with van der Waals surface area (Å²) in [7, 11) is 2.03. The molecule has 0 spiro atoms. The number of hydrogen-bond acceptors (Lipinski definition) is 4. The summed E-state index contributed by atoms with van der Waals surface area (Å²) in [6.07, 6.45) is 3.85. The molecule has 1 aromatic carbocycles. The molecule has 0 unspecified atom stereocenters. The predicted octanol–water partition coefficient (Wildman–Crippen LogP) is 6.66. The monoisotopic (exact) mass is 421 g/mol. The van der Waals surface area contributed by atoms with E-state index in [1.807, 2.05) is 20.9 Å². The van der Waals surface area contributed by atoms with Gasteiger partial charge in [0.15, 0.2) is 5.65 Å². The van der Waals surface area contributed by atoms with Crippen LogP contribution in [0.25, 0.3) is 11.2 Å². The van der Waals surface area contributed by atoms with Gasteiger partial charge in [0.1, 0.15) is 11.3 Å². The van der Waals surface area contributed by atoms with Crippen molar-refractivity contribution in [1.29, 1.82) is 0 Å². The second-order valence-electron chi connectivity index (χ2n) is 9.35. The number of anilines is 3. The zero-order chi connectivity index (χ0) is 22.6. The fourth-order valence-corrected chi connectivity index (χ4v) is 3.71. The van der Waals surface area contributed by atoms with Gasteiger partial charge in [-0.1, -0.05) is 53.7 Å². The molecule has 4 rings (SSSR count). The Hall–Kier alpha value is -2.56. The van der Waals surface area contributed by atoms with Gasteiger partial charge in [0, 0.05) is 25.8 Å². The molecule has 3 aromatic rings. The zero-order valence-corrected chi connectivity index (χ0v) is 20.4. The summed E-state index contributed by atoms with van der Waals surface area (Å²) in [5.41, 5.74) is 4.37. The summed E-state index contributed by atoms with van der Waals surface area (Å²) < 4.78 is 2.05. The zero-order valence-electron chi connectivity index (χ0n) is 20.4. The molecular formula is C26H39N5. The van der Waals surface area contributed by atoms with Gasteiger partial charge in [-0.05, 0) is 60.4 Å². The molecule has 168 valence electrons. The molecule has 0 saturated heterocycles. The Balaban J connectivity index is 0.00000132. The minimum Gasteiger partial charge on any atom is -0.356 e. The van der Waals surface area contributed by atoms with Crippen molar-refractivity contribution >= 4 is 28.6 Å². The molecule has 1 saturated carbocycles. The predicted molar refractivity (Wildman–Crippen MR) is 134 cm³/mol. The number of imidazole rings is 1. The maximum absolute atomic E-state index is 4.97. The van der Waals surface area contributed by atoms with Crippen molar-refractivity contribution in [2.45, 2.75) is 66.2 Å². The highest BCUT2D eigenvalue weighted by molar-refractivity contribution is 5.78.